The van der Waals surface area contributed by atoms with Gasteiger partial charge in [-0.15, -0.1) is 0 Å². The number of ketones is 1. The van der Waals surface area contributed by atoms with Crippen LogP contribution in [0.5, 0.6) is 0 Å². The van der Waals surface area contributed by atoms with Gasteiger partial charge in [0.15, 0.2) is 0 Å². The first-order valence-corrected chi connectivity index (χ1v) is 10.0. The Morgan fingerprint density at radius 3 is 2.32 bits per heavy atom. The van der Waals surface area contributed by atoms with E-state index in [1.165, 1.54) is 0 Å². The van der Waals surface area contributed by atoms with Gasteiger partial charge in [-0.3, -0.25) is 14.4 Å². The molecule has 0 saturated heterocycles. The molecule has 0 spiro atoms. The molecule has 3 rings (SSSR count). The van der Waals surface area contributed by atoms with Crippen LogP contribution in [0.4, 0.5) is 18.9 Å². The van der Waals surface area contributed by atoms with Crippen LogP contribution in [0.15, 0.2) is 60.8 Å². The van der Waals surface area contributed by atoms with Gasteiger partial charge in [-0.1, -0.05) is 24.8 Å². The Kier molecular flexibility index (Phi) is 8.36. The molecule has 0 aliphatic carbocycles. The number of nitrogens with two attached hydrogens (primary N) is 1. The smallest absolute Gasteiger partial charge is 0.366 e. The molecule has 2 amide bonds. The molecular formula is C24H25F3N4O3. The first-order valence-electron chi connectivity index (χ1n) is 10.0. The molecule has 4 N–H and O–H groups in total. The Morgan fingerprint density at radius 2 is 1.76 bits per heavy atom. The molecule has 0 atom stereocenters. The van der Waals surface area contributed by atoms with Crippen LogP contribution in [0.3, 0.4) is 0 Å². The molecule has 180 valence electrons. The number of aromatic amines is 1. The first-order chi connectivity index (χ1) is 15.8. The Balaban J connectivity index is 0.000000509. The number of halogens is 3. The van der Waals surface area contributed by atoms with Crippen LogP contribution < -0.4 is 11.1 Å². The number of primary amides is 1. The monoisotopic (exact) mass is 474 g/mol. The minimum Gasteiger partial charge on any atom is -0.366 e. The second kappa shape index (κ2) is 10.8. The zero-order chi connectivity index (χ0) is 25.6. The summed E-state index contributed by atoms with van der Waals surface area (Å²) in [5.41, 5.74) is 9.64. The van der Waals surface area contributed by atoms with Gasteiger partial charge in [0.1, 0.15) is 0 Å². The van der Waals surface area contributed by atoms with E-state index in [4.69, 9.17) is 5.73 Å². The summed E-state index contributed by atoms with van der Waals surface area (Å²) in [4.78, 5) is 38.2. The number of carbonyl (C=O) groups is 3. The van der Waals surface area contributed by atoms with E-state index >= 15 is 0 Å². The van der Waals surface area contributed by atoms with E-state index in [9.17, 15) is 27.6 Å². The fraction of sp³-hybridized carbons (Fsp3) is 0.208. The van der Waals surface area contributed by atoms with Crippen molar-refractivity contribution in [3.63, 3.8) is 0 Å². The summed E-state index contributed by atoms with van der Waals surface area (Å²) in [5, 5.41) is 3.78. The number of nitrogens with one attached hydrogen (secondary N) is 2. The standard InChI is InChI=1S/C21H22N4O2.C3H3F3O/c1-13(12-25(2)3)21(27)24-15-6-4-5-14(11-15)16-7-8-18(20(22)26)19-17(16)9-10-23-19;1-2(7)3(4,5)6/h4-11,23H,1,12H2,2-3H3,(H2,22,26)(H,24,27);1H3. The van der Waals surface area contributed by atoms with E-state index in [0.29, 0.717) is 35.8 Å². The van der Waals surface area contributed by atoms with Crippen LogP contribution in [0.2, 0.25) is 0 Å². The Labute approximate surface area is 194 Å². The van der Waals surface area contributed by atoms with Crippen molar-refractivity contribution in [2.45, 2.75) is 13.1 Å². The average Bonchev–Trinajstić information content (AvgIpc) is 3.22. The molecule has 0 aliphatic heterocycles. The highest BCUT2D eigenvalue weighted by molar-refractivity contribution is 6.09. The van der Waals surface area contributed by atoms with Gasteiger partial charge in [-0.05, 0) is 49.5 Å². The number of carbonyl (C=O) groups excluding carboxylic acids is 3. The third-order valence-corrected chi connectivity index (χ3v) is 4.65. The van der Waals surface area contributed by atoms with Crippen LogP contribution in [0.25, 0.3) is 22.0 Å². The summed E-state index contributed by atoms with van der Waals surface area (Å²) in [6, 6.07) is 13.0. The molecule has 0 fully saturated rings. The van der Waals surface area contributed by atoms with Gasteiger partial charge in [0.25, 0.3) is 11.8 Å². The molecule has 2 aromatic carbocycles. The SMILES string of the molecule is C=C(CN(C)C)C(=O)Nc1cccc(-c2ccc(C(N)=O)c3[nH]ccc23)c1.CC(=O)C(F)(F)F. The number of H-pyrrole nitrogens is 1. The van der Waals surface area contributed by atoms with Crippen molar-refractivity contribution in [2.24, 2.45) is 5.73 Å². The van der Waals surface area contributed by atoms with E-state index in [1.807, 2.05) is 55.4 Å². The van der Waals surface area contributed by atoms with Gasteiger partial charge in [0.2, 0.25) is 5.78 Å². The molecule has 0 aliphatic rings. The van der Waals surface area contributed by atoms with Crippen LogP contribution in [-0.4, -0.2) is 54.3 Å². The Morgan fingerprint density at radius 1 is 1.12 bits per heavy atom. The summed E-state index contributed by atoms with van der Waals surface area (Å²) < 4.78 is 32.5. The van der Waals surface area contributed by atoms with Gasteiger partial charge >= 0.3 is 6.18 Å². The maximum absolute atomic E-state index is 12.3. The average molecular weight is 474 g/mol. The van der Waals surface area contributed by atoms with Crippen LogP contribution >= 0.6 is 0 Å². The van der Waals surface area contributed by atoms with Crippen molar-refractivity contribution in [1.29, 1.82) is 0 Å². The minimum absolute atomic E-state index is 0.211. The normalized spacial score (nSPS) is 11.0. The Bertz CT molecular complexity index is 1230. The molecule has 0 radical (unpaired) electrons. The van der Waals surface area contributed by atoms with Crippen molar-refractivity contribution in [1.82, 2.24) is 9.88 Å². The van der Waals surface area contributed by atoms with Gasteiger partial charge in [0.05, 0.1) is 11.1 Å². The zero-order valence-electron chi connectivity index (χ0n) is 18.9. The summed E-state index contributed by atoms with van der Waals surface area (Å²) in [6.07, 6.45) is -2.86. The number of hydrogen-bond donors (Lipinski definition) is 3. The topological polar surface area (TPSA) is 108 Å². The zero-order valence-corrected chi connectivity index (χ0v) is 18.9. The van der Waals surface area contributed by atoms with Crippen molar-refractivity contribution in [3.8, 4) is 11.1 Å². The van der Waals surface area contributed by atoms with E-state index in [0.717, 1.165) is 16.5 Å². The van der Waals surface area contributed by atoms with Crippen molar-refractivity contribution in [3.05, 3.63) is 66.4 Å². The maximum atomic E-state index is 12.3. The number of anilines is 1. The highest BCUT2D eigenvalue weighted by Gasteiger charge is 2.33. The number of amides is 2. The van der Waals surface area contributed by atoms with E-state index in [-0.39, 0.29) is 5.91 Å². The number of nitrogens with zero attached hydrogens (tertiary/aromatic N) is 1. The maximum Gasteiger partial charge on any atom is 0.449 e. The predicted octanol–water partition coefficient (Wildman–Crippen LogP) is 4.13. The number of aromatic nitrogens is 1. The van der Waals surface area contributed by atoms with Crippen LogP contribution in [0.1, 0.15) is 17.3 Å². The fourth-order valence-corrected chi connectivity index (χ4v) is 3.05. The molecule has 10 heteroatoms. The molecule has 3 aromatic rings. The molecule has 0 bridgehead atoms. The number of hydrogen-bond acceptors (Lipinski definition) is 4. The third kappa shape index (κ3) is 6.79. The van der Waals surface area contributed by atoms with Gasteiger partial charge in [-0.25, -0.2) is 0 Å². The number of Topliss-reactive ketones (excluding diaryl/α,β-unsaturated/α-hetero) is 1. The number of likely N-dealkylation sites (N-methyl/N-ethyl adjacent to an activating group) is 1. The van der Waals surface area contributed by atoms with Gasteiger partial charge in [-0.2, -0.15) is 13.2 Å². The fourth-order valence-electron chi connectivity index (χ4n) is 3.05. The molecule has 1 aromatic heterocycles. The van der Waals surface area contributed by atoms with Gasteiger partial charge < -0.3 is 20.9 Å². The van der Waals surface area contributed by atoms with Crippen molar-refractivity contribution in [2.75, 3.05) is 26.0 Å². The molecule has 1 heterocycles. The minimum atomic E-state index is -4.64. The second-order valence-corrected chi connectivity index (χ2v) is 7.72. The van der Waals surface area contributed by atoms with Crippen LogP contribution in [0, 0.1) is 0 Å². The Hall–Kier alpha value is -3.92. The largest absolute Gasteiger partial charge is 0.449 e. The summed E-state index contributed by atoms with van der Waals surface area (Å²) >= 11 is 0. The molecule has 34 heavy (non-hydrogen) atoms. The number of alkyl halides is 3. The number of rotatable bonds is 6. The first kappa shape index (κ1) is 26.3. The van der Waals surface area contributed by atoms with E-state index in [1.54, 1.807) is 12.3 Å². The number of benzene rings is 2. The molecule has 0 saturated carbocycles. The quantitative estimate of drug-likeness (QED) is 0.467. The highest BCUT2D eigenvalue weighted by Crippen LogP contribution is 2.31. The second-order valence-electron chi connectivity index (χ2n) is 7.72. The summed E-state index contributed by atoms with van der Waals surface area (Å²) in [7, 11) is 3.77. The van der Waals surface area contributed by atoms with E-state index < -0.39 is 17.9 Å². The van der Waals surface area contributed by atoms with Crippen molar-refractivity contribution >= 4 is 34.2 Å². The summed E-state index contributed by atoms with van der Waals surface area (Å²) in [5.74, 6) is -2.45. The lowest BCUT2D eigenvalue weighted by Gasteiger charge is -2.13. The predicted molar refractivity (Wildman–Crippen MR) is 125 cm³/mol. The molecule has 7 nitrogen and oxygen atoms in total. The lowest BCUT2D eigenvalue weighted by atomic mass is 9.98. The molecular weight excluding hydrogens is 449 g/mol. The van der Waals surface area contributed by atoms with E-state index in [2.05, 4.69) is 16.9 Å². The lowest BCUT2D eigenvalue weighted by Crippen LogP contribution is -2.23. The number of fused-ring (bicyclic) bond motifs is 1. The van der Waals surface area contributed by atoms with Crippen molar-refractivity contribution < 1.29 is 27.6 Å². The highest BCUT2D eigenvalue weighted by atomic mass is 19.4. The molecule has 0 unspecified atom stereocenters. The van der Waals surface area contributed by atoms with Gasteiger partial charge in [0, 0.05) is 36.3 Å². The third-order valence-electron chi connectivity index (χ3n) is 4.65. The van der Waals surface area contributed by atoms with Crippen LogP contribution in [-0.2, 0) is 9.59 Å². The summed E-state index contributed by atoms with van der Waals surface area (Å²) in [6.45, 7) is 4.81. The lowest BCUT2D eigenvalue weighted by molar-refractivity contribution is -0.168.